The van der Waals surface area contributed by atoms with Gasteiger partial charge in [0.05, 0.1) is 5.69 Å². The normalized spacial score (nSPS) is 9.92. The molecule has 1 aromatic carbocycles. The monoisotopic (exact) mass is 183 g/mol. The molecule has 0 spiro atoms. The molecule has 0 N–H and O–H groups in total. The van der Waals surface area contributed by atoms with E-state index in [-0.39, 0.29) is 0 Å². The molecule has 0 heterocycles. The van der Waals surface area contributed by atoms with Gasteiger partial charge < -0.3 is 0 Å². The lowest BCUT2D eigenvalue weighted by molar-refractivity contribution is 0.508. The van der Waals surface area contributed by atoms with Gasteiger partial charge in [-0.3, -0.25) is 4.99 Å². The van der Waals surface area contributed by atoms with Gasteiger partial charge in [-0.05, 0) is 32.4 Å². The fourth-order valence-electron chi connectivity index (χ4n) is 0.997. The minimum absolute atomic E-state index is 0.485. The van der Waals surface area contributed by atoms with Crippen LogP contribution in [0.15, 0.2) is 17.1 Å². The Morgan fingerprint density at radius 2 is 1.69 bits per heavy atom. The smallest absolute Gasteiger partial charge is 0.160 e. The summed E-state index contributed by atoms with van der Waals surface area (Å²) in [5.41, 5.74) is 1.94. The summed E-state index contributed by atoms with van der Waals surface area (Å²) in [6, 6.07) is 2.26. The zero-order valence-electron chi connectivity index (χ0n) is 7.86. The predicted octanol–water partition coefficient (Wildman–Crippen LogP) is 3.39. The van der Waals surface area contributed by atoms with E-state index >= 15 is 0 Å². The van der Waals surface area contributed by atoms with Gasteiger partial charge in [0.2, 0.25) is 0 Å². The van der Waals surface area contributed by atoms with Crippen molar-refractivity contribution in [1.29, 1.82) is 0 Å². The summed E-state index contributed by atoms with van der Waals surface area (Å²) in [4.78, 5) is 4.07. The van der Waals surface area contributed by atoms with E-state index in [4.69, 9.17) is 0 Å². The zero-order valence-corrected chi connectivity index (χ0v) is 7.86. The number of aryl methyl sites for hydroxylation is 1. The number of rotatable bonds is 1. The van der Waals surface area contributed by atoms with E-state index in [1.54, 1.807) is 20.8 Å². The summed E-state index contributed by atoms with van der Waals surface area (Å²) in [6.45, 7) is 5.31. The van der Waals surface area contributed by atoms with E-state index in [0.717, 1.165) is 17.8 Å². The molecule has 0 amide bonds. The molecule has 0 aliphatic rings. The highest BCUT2D eigenvalue weighted by Crippen LogP contribution is 2.21. The van der Waals surface area contributed by atoms with E-state index in [2.05, 4.69) is 4.99 Å². The van der Waals surface area contributed by atoms with Gasteiger partial charge in [-0.2, -0.15) is 0 Å². The molecular formula is C10H11F2N. The van der Waals surface area contributed by atoms with Crippen LogP contribution in [0.4, 0.5) is 14.5 Å². The van der Waals surface area contributed by atoms with Crippen molar-refractivity contribution in [3.05, 3.63) is 29.3 Å². The van der Waals surface area contributed by atoms with Crippen LogP contribution in [0.2, 0.25) is 0 Å². The lowest BCUT2D eigenvalue weighted by Gasteiger charge is -2.01. The van der Waals surface area contributed by atoms with Gasteiger partial charge in [0, 0.05) is 11.8 Å². The third-order valence-corrected chi connectivity index (χ3v) is 1.58. The van der Waals surface area contributed by atoms with Crippen molar-refractivity contribution in [1.82, 2.24) is 0 Å². The highest BCUT2D eigenvalue weighted by Gasteiger charge is 2.05. The van der Waals surface area contributed by atoms with Gasteiger partial charge >= 0.3 is 0 Å². The molecule has 0 saturated carbocycles. The van der Waals surface area contributed by atoms with E-state index in [1.165, 1.54) is 0 Å². The standard InChI is InChI=1S/C10H11F2N/c1-6(2)13-10-5-9(12)8(11)4-7(10)3/h4-5H,1-3H3. The van der Waals surface area contributed by atoms with Crippen LogP contribution in [0.25, 0.3) is 0 Å². The van der Waals surface area contributed by atoms with Crippen molar-refractivity contribution >= 4 is 11.4 Å². The van der Waals surface area contributed by atoms with Crippen LogP contribution in [0, 0.1) is 18.6 Å². The van der Waals surface area contributed by atoms with E-state index in [0.29, 0.717) is 11.3 Å². The molecule has 70 valence electrons. The van der Waals surface area contributed by atoms with Crippen LogP contribution < -0.4 is 0 Å². The van der Waals surface area contributed by atoms with Crippen molar-refractivity contribution in [3.8, 4) is 0 Å². The second-order valence-corrected chi connectivity index (χ2v) is 3.11. The molecular weight excluding hydrogens is 172 g/mol. The first-order valence-corrected chi connectivity index (χ1v) is 3.98. The fourth-order valence-corrected chi connectivity index (χ4v) is 0.997. The molecule has 1 nitrogen and oxygen atoms in total. The molecule has 0 aliphatic heterocycles. The Balaban J connectivity index is 3.24. The Morgan fingerprint density at radius 1 is 1.15 bits per heavy atom. The third kappa shape index (κ3) is 2.34. The van der Waals surface area contributed by atoms with Gasteiger partial charge in [0.1, 0.15) is 0 Å². The fraction of sp³-hybridized carbons (Fsp3) is 0.300. The Bertz CT molecular complexity index is 352. The van der Waals surface area contributed by atoms with Crippen LogP contribution in [-0.4, -0.2) is 5.71 Å². The van der Waals surface area contributed by atoms with Crippen molar-refractivity contribution < 1.29 is 8.78 Å². The summed E-state index contributed by atoms with van der Waals surface area (Å²) < 4.78 is 25.4. The molecule has 0 bridgehead atoms. The Kier molecular flexibility index (Phi) is 2.76. The van der Waals surface area contributed by atoms with Gasteiger partial charge in [-0.25, -0.2) is 8.78 Å². The predicted molar refractivity (Wildman–Crippen MR) is 49.5 cm³/mol. The molecule has 0 aromatic heterocycles. The number of hydrogen-bond acceptors (Lipinski definition) is 1. The third-order valence-electron chi connectivity index (χ3n) is 1.58. The highest BCUT2D eigenvalue weighted by molar-refractivity contribution is 5.82. The van der Waals surface area contributed by atoms with Gasteiger partial charge in [-0.1, -0.05) is 0 Å². The van der Waals surface area contributed by atoms with Crippen LogP contribution in [0.1, 0.15) is 19.4 Å². The number of aliphatic imine (C=N–C) groups is 1. The first kappa shape index (κ1) is 9.84. The lowest BCUT2D eigenvalue weighted by Crippen LogP contribution is -1.87. The molecule has 0 fully saturated rings. The molecule has 13 heavy (non-hydrogen) atoms. The maximum atomic E-state index is 12.8. The first-order chi connectivity index (χ1) is 6.00. The molecule has 0 radical (unpaired) electrons. The van der Waals surface area contributed by atoms with Crippen LogP contribution >= 0.6 is 0 Å². The van der Waals surface area contributed by atoms with Gasteiger partial charge in [0.25, 0.3) is 0 Å². The Morgan fingerprint density at radius 3 is 2.23 bits per heavy atom. The van der Waals surface area contributed by atoms with Gasteiger partial charge in [-0.15, -0.1) is 0 Å². The molecule has 0 unspecified atom stereocenters. The van der Waals surface area contributed by atoms with Crippen LogP contribution in [-0.2, 0) is 0 Å². The molecule has 0 saturated heterocycles. The van der Waals surface area contributed by atoms with E-state index in [1.807, 2.05) is 0 Å². The topological polar surface area (TPSA) is 12.4 Å². The maximum Gasteiger partial charge on any atom is 0.160 e. The van der Waals surface area contributed by atoms with E-state index in [9.17, 15) is 8.78 Å². The number of benzene rings is 1. The molecule has 1 aromatic rings. The highest BCUT2D eigenvalue weighted by atomic mass is 19.2. The molecule has 0 aliphatic carbocycles. The summed E-state index contributed by atoms with van der Waals surface area (Å²) >= 11 is 0. The summed E-state index contributed by atoms with van der Waals surface area (Å²) in [5.74, 6) is -1.68. The maximum absolute atomic E-state index is 12.8. The largest absolute Gasteiger partial charge is 0.258 e. The number of nitrogens with zero attached hydrogens (tertiary/aromatic N) is 1. The van der Waals surface area contributed by atoms with E-state index < -0.39 is 11.6 Å². The van der Waals surface area contributed by atoms with Crippen molar-refractivity contribution in [2.75, 3.05) is 0 Å². The summed E-state index contributed by atoms with van der Waals surface area (Å²) in [6.07, 6.45) is 0. The number of hydrogen-bond donors (Lipinski definition) is 0. The van der Waals surface area contributed by atoms with Gasteiger partial charge in [0.15, 0.2) is 11.6 Å². The van der Waals surface area contributed by atoms with Crippen molar-refractivity contribution in [2.24, 2.45) is 4.99 Å². The summed E-state index contributed by atoms with van der Waals surface area (Å²) in [5, 5.41) is 0. The van der Waals surface area contributed by atoms with Crippen molar-refractivity contribution in [2.45, 2.75) is 20.8 Å². The average Bonchev–Trinajstić information content (AvgIpc) is 1.99. The summed E-state index contributed by atoms with van der Waals surface area (Å²) in [7, 11) is 0. The molecule has 1 rings (SSSR count). The zero-order chi connectivity index (χ0) is 10.0. The minimum atomic E-state index is -0.856. The minimum Gasteiger partial charge on any atom is -0.258 e. The van der Waals surface area contributed by atoms with Crippen molar-refractivity contribution in [3.63, 3.8) is 0 Å². The average molecular weight is 183 g/mol. The quantitative estimate of drug-likeness (QED) is 0.592. The molecule has 0 atom stereocenters. The Labute approximate surface area is 76.1 Å². The lowest BCUT2D eigenvalue weighted by atomic mass is 10.2. The Hall–Kier alpha value is -1.25. The first-order valence-electron chi connectivity index (χ1n) is 3.98. The molecule has 3 heteroatoms. The SMILES string of the molecule is CC(C)=Nc1cc(F)c(F)cc1C. The van der Waals surface area contributed by atoms with Crippen LogP contribution in [0.5, 0.6) is 0 Å². The number of halogens is 2. The second kappa shape index (κ2) is 3.64. The van der Waals surface area contributed by atoms with Crippen LogP contribution in [0.3, 0.4) is 0 Å². The second-order valence-electron chi connectivity index (χ2n) is 3.11.